The summed E-state index contributed by atoms with van der Waals surface area (Å²) < 4.78 is 7.16. The van der Waals surface area contributed by atoms with E-state index in [2.05, 4.69) is 17.3 Å². The maximum absolute atomic E-state index is 5.43. The van der Waals surface area contributed by atoms with Gasteiger partial charge in [0, 0.05) is 13.1 Å². The van der Waals surface area contributed by atoms with E-state index in [1.807, 2.05) is 20.3 Å². The average molecular weight is 169 g/mol. The number of hydrogen-bond acceptors (Lipinski definition) is 3. The number of nitrogens with zero attached hydrogens (tertiary/aromatic N) is 2. The van der Waals surface area contributed by atoms with Crippen LogP contribution in [0.1, 0.15) is 6.92 Å². The van der Waals surface area contributed by atoms with E-state index in [1.165, 1.54) is 0 Å². The summed E-state index contributed by atoms with van der Waals surface area (Å²) in [6.07, 6.45) is 3.56. The van der Waals surface area contributed by atoms with Crippen LogP contribution in [0, 0.1) is 0 Å². The predicted molar refractivity (Wildman–Crippen MR) is 47.2 cm³/mol. The summed E-state index contributed by atoms with van der Waals surface area (Å²) in [4.78, 5) is 0. The molecule has 12 heavy (non-hydrogen) atoms. The van der Waals surface area contributed by atoms with Crippen LogP contribution in [0.25, 0.3) is 0 Å². The zero-order valence-electron chi connectivity index (χ0n) is 7.74. The molecule has 0 fully saturated rings. The smallest absolute Gasteiger partial charge is 0.157 e. The number of hydrogen-bond donors (Lipinski definition) is 1. The van der Waals surface area contributed by atoms with Crippen molar-refractivity contribution in [2.75, 3.05) is 13.7 Å². The van der Waals surface area contributed by atoms with Crippen molar-refractivity contribution in [2.45, 2.75) is 13.0 Å². The molecule has 0 aromatic carbocycles. The third kappa shape index (κ3) is 2.54. The average Bonchev–Trinajstić information content (AvgIpc) is 2.47. The molecule has 1 unspecified atom stereocenters. The lowest BCUT2D eigenvalue weighted by Crippen LogP contribution is -2.28. The van der Waals surface area contributed by atoms with Crippen molar-refractivity contribution in [2.24, 2.45) is 7.05 Å². The van der Waals surface area contributed by atoms with E-state index >= 15 is 0 Å². The minimum Gasteiger partial charge on any atom is -0.489 e. The van der Waals surface area contributed by atoms with Crippen molar-refractivity contribution in [1.82, 2.24) is 15.1 Å². The van der Waals surface area contributed by atoms with Crippen LogP contribution in [0.2, 0.25) is 0 Å². The maximum atomic E-state index is 5.43. The molecular formula is C8H15N3O. The highest BCUT2D eigenvalue weighted by atomic mass is 16.5. The standard InChI is InChI=1S/C8H15N3O/c1-7(9-2)6-12-8-4-10-11(3)5-8/h4-5,7,9H,6H2,1-3H3. The zero-order chi connectivity index (χ0) is 8.97. The molecule has 0 saturated carbocycles. The van der Waals surface area contributed by atoms with Crippen molar-refractivity contribution >= 4 is 0 Å². The molecule has 1 heterocycles. The molecule has 68 valence electrons. The molecule has 0 radical (unpaired) electrons. The van der Waals surface area contributed by atoms with Crippen molar-refractivity contribution in [1.29, 1.82) is 0 Å². The van der Waals surface area contributed by atoms with E-state index in [-0.39, 0.29) is 0 Å². The molecule has 4 heteroatoms. The molecule has 0 saturated heterocycles. The molecule has 0 aliphatic carbocycles. The fourth-order valence-electron chi connectivity index (χ4n) is 0.778. The highest BCUT2D eigenvalue weighted by Crippen LogP contribution is 2.06. The number of nitrogens with one attached hydrogen (secondary N) is 1. The number of rotatable bonds is 4. The highest BCUT2D eigenvalue weighted by Gasteiger charge is 2.00. The highest BCUT2D eigenvalue weighted by molar-refractivity contribution is 5.11. The lowest BCUT2D eigenvalue weighted by atomic mass is 10.4. The molecule has 4 nitrogen and oxygen atoms in total. The molecule has 0 bridgehead atoms. The number of likely N-dealkylation sites (N-methyl/N-ethyl adjacent to an activating group) is 1. The molecule has 0 aliphatic heterocycles. The number of ether oxygens (including phenoxy) is 1. The van der Waals surface area contributed by atoms with Crippen LogP contribution < -0.4 is 10.1 Å². The summed E-state index contributed by atoms with van der Waals surface area (Å²) in [6, 6.07) is 0.366. The van der Waals surface area contributed by atoms with Crippen LogP contribution in [0.4, 0.5) is 0 Å². The van der Waals surface area contributed by atoms with Crippen LogP contribution in [-0.2, 0) is 7.05 Å². The molecule has 1 aromatic rings. The van der Waals surface area contributed by atoms with Crippen molar-refractivity contribution in [3.63, 3.8) is 0 Å². The Morgan fingerprint density at radius 1 is 1.75 bits per heavy atom. The van der Waals surface area contributed by atoms with E-state index in [0.717, 1.165) is 5.75 Å². The Hall–Kier alpha value is -1.03. The first-order valence-electron chi connectivity index (χ1n) is 4.01. The van der Waals surface area contributed by atoms with E-state index in [9.17, 15) is 0 Å². The quantitative estimate of drug-likeness (QED) is 0.709. The molecule has 1 atom stereocenters. The second-order valence-corrected chi connectivity index (χ2v) is 2.85. The van der Waals surface area contributed by atoms with Gasteiger partial charge in [-0.15, -0.1) is 0 Å². The minimum absolute atomic E-state index is 0.366. The molecule has 0 spiro atoms. The maximum Gasteiger partial charge on any atom is 0.157 e. The van der Waals surface area contributed by atoms with Gasteiger partial charge < -0.3 is 10.1 Å². The molecule has 1 N–H and O–H groups in total. The van der Waals surface area contributed by atoms with Crippen LogP contribution in [0.5, 0.6) is 5.75 Å². The lowest BCUT2D eigenvalue weighted by molar-refractivity contribution is 0.280. The summed E-state index contributed by atoms with van der Waals surface area (Å²) in [5.41, 5.74) is 0. The first-order chi connectivity index (χ1) is 5.72. The molecular weight excluding hydrogens is 154 g/mol. The van der Waals surface area contributed by atoms with Gasteiger partial charge in [0.05, 0.1) is 12.4 Å². The Labute approximate surface area is 72.5 Å². The fraction of sp³-hybridized carbons (Fsp3) is 0.625. The van der Waals surface area contributed by atoms with Crippen LogP contribution in [0.15, 0.2) is 12.4 Å². The van der Waals surface area contributed by atoms with Crippen molar-refractivity contribution in [3.8, 4) is 5.75 Å². The van der Waals surface area contributed by atoms with Gasteiger partial charge in [0.2, 0.25) is 0 Å². The van der Waals surface area contributed by atoms with Gasteiger partial charge in [0.1, 0.15) is 6.61 Å². The first-order valence-corrected chi connectivity index (χ1v) is 4.01. The van der Waals surface area contributed by atoms with Crippen LogP contribution in [-0.4, -0.2) is 29.5 Å². The van der Waals surface area contributed by atoms with Gasteiger partial charge in [-0.2, -0.15) is 5.10 Å². The largest absolute Gasteiger partial charge is 0.489 e. The number of aryl methyl sites for hydroxylation is 1. The fourth-order valence-corrected chi connectivity index (χ4v) is 0.778. The summed E-state index contributed by atoms with van der Waals surface area (Å²) in [7, 11) is 3.78. The van der Waals surface area contributed by atoms with Gasteiger partial charge in [-0.3, -0.25) is 4.68 Å². The van der Waals surface area contributed by atoms with E-state index in [4.69, 9.17) is 4.74 Å². The van der Waals surface area contributed by atoms with Gasteiger partial charge in [0.15, 0.2) is 5.75 Å². The summed E-state index contributed by atoms with van der Waals surface area (Å²) >= 11 is 0. The normalized spacial score (nSPS) is 12.9. The lowest BCUT2D eigenvalue weighted by Gasteiger charge is -2.09. The van der Waals surface area contributed by atoms with Gasteiger partial charge in [0.25, 0.3) is 0 Å². The Morgan fingerprint density at radius 3 is 3.00 bits per heavy atom. The van der Waals surface area contributed by atoms with E-state index in [1.54, 1.807) is 10.9 Å². The molecule has 0 amide bonds. The zero-order valence-corrected chi connectivity index (χ0v) is 7.74. The molecule has 1 rings (SSSR count). The topological polar surface area (TPSA) is 39.1 Å². The van der Waals surface area contributed by atoms with Crippen LogP contribution >= 0.6 is 0 Å². The number of aromatic nitrogens is 2. The Balaban J connectivity index is 2.33. The summed E-state index contributed by atoms with van der Waals surface area (Å²) in [5, 5.41) is 7.08. The molecule has 0 aliphatic rings. The first kappa shape index (κ1) is 9.06. The SMILES string of the molecule is CNC(C)COc1cnn(C)c1. The monoisotopic (exact) mass is 169 g/mol. The van der Waals surface area contributed by atoms with Crippen molar-refractivity contribution in [3.05, 3.63) is 12.4 Å². The van der Waals surface area contributed by atoms with Gasteiger partial charge >= 0.3 is 0 Å². The molecule has 1 aromatic heterocycles. The van der Waals surface area contributed by atoms with Crippen LogP contribution in [0.3, 0.4) is 0 Å². The summed E-state index contributed by atoms with van der Waals surface area (Å²) in [6.45, 7) is 2.73. The van der Waals surface area contributed by atoms with Gasteiger partial charge in [-0.1, -0.05) is 0 Å². The third-order valence-electron chi connectivity index (χ3n) is 1.67. The second kappa shape index (κ2) is 4.11. The van der Waals surface area contributed by atoms with Gasteiger partial charge in [-0.25, -0.2) is 0 Å². The Bertz CT molecular complexity index is 234. The van der Waals surface area contributed by atoms with E-state index < -0.39 is 0 Å². The second-order valence-electron chi connectivity index (χ2n) is 2.85. The van der Waals surface area contributed by atoms with Crippen molar-refractivity contribution < 1.29 is 4.74 Å². The summed E-state index contributed by atoms with van der Waals surface area (Å²) in [5.74, 6) is 0.819. The van der Waals surface area contributed by atoms with Gasteiger partial charge in [-0.05, 0) is 14.0 Å². The predicted octanol–water partition coefficient (Wildman–Crippen LogP) is 0.407. The van der Waals surface area contributed by atoms with E-state index in [0.29, 0.717) is 12.6 Å². The third-order valence-corrected chi connectivity index (χ3v) is 1.67. The minimum atomic E-state index is 0.366. The Kier molecular flexibility index (Phi) is 3.10. The Morgan fingerprint density at radius 2 is 2.50 bits per heavy atom.